The maximum Gasteiger partial charge on any atom is 0.304 e. The third-order valence-corrected chi connectivity index (χ3v) is 5.22. The van der Waals surface area contributed by atoms with Gasteiger partial charge in [0.25, 0.3) is 0 Å². The molecule has 4 nitrogen and oxygen atoms in total. The highest BCUT2D eigenvalue weighted by Crippen LogP contribution is 2.31. The molecule has 2 aliphatic heterocycles. The van der Waals surface area contributed by atoms with Crippen LogP contribution in [0.5, 0.6) is 0 Å². The summed E-state index contributed by atoms with van der Waals surface area (Å²) in [7, 11) is 0. The smallest absolute Gasteiger partial charge is 0.304 e. The topological polar surface area (TPSA) is 43.8 Å². The van der Waals surface area contributed by atoms with Gasteiger partial charge in [-0.15, -0.1) is 0 Å². The van der Waals surface area contributed by atoms with Crippen molar-refractivity contribution in [3.05, 3.63) is 35.1 Å². The first-order valence-electron chi connectivity index (χ1n) is 8.47. The summed E-state index contributed by atoms with van der Waals surface area (Å²) < 4.78 is 13.3. The molecule has 0 aromatic heterocycles. The Kier molecular flexibility index (Phi) is 4.97. The van der Waals surface area contributed by atoms with E-state index in [2.05, 4.69) is 9.80 Å². The lowest BCUT2D eigenvalue weighted by Gasteiger charge is -2.48. The molecule has 0 unspecified atom stereocenters. The van der Waals surface area contributed by atoms with Crippen LogP contribution in [0.25, 0.3) is 0 Å². The molecule has 0 radical (unpaired) electrons. The Bertz CT molecular complexity index is 572. The highest BCUT2D eigenvalue weighted by Gasteiger charge is 2.34. The van der Waals surface area contributed by atoms with Gasteiger partial charge in [-0.3, -0.25) is 14.6 Å². The number of aliphatic carboxylic acids is 1. The first-order chi connectivity index (χ1) is 11.0. The Labute approximate surface area is 136 Å². The van der Waals surface area contributed by atoms with Crippen LogP contribution in [0.2, 0.25) is 0 Å². The van der Waals surface area contributed by atoms with Crippen LogP contribution in [0.15, 0.2) is 18.2 Å². The second-order valence-corrected chi connectivity index (χ2v) is 6.89. The third-order valence-electron chi connectivity index (χ3n) is 5.22. The first kappa shape index (κ1) is 16.4. The average Bonchev–Trinajstić information content (AvgIpc) is 2.45. The van der Waals surface area contributed by atoms with Crippen molar-refractivity contribution in [2.24, 2.45) is 0 Å². The van der Waals surface area contributed by atoms with E-state index in [1.807, 2.05) is 13.0 Å². The molecule has 0 bridgehead atoms. The highest BCUT2D eigenvalue weighted by molar-refractivity contribution is 5.66. The summed E-state index contributed by atoms with van der Waals surface area (Å²) >= 11 is 0. The maximum atomic E-state index is 13.3. The van der Waals surface area contributed by atoms with Crippen molar-refractivity contribution in [1.29, 1.82) is 0 Å². The SMILES string of the molecule is Cc1cc(F)ccc1[C@@H]1CCCN(C2CN(CCC(=O)O)C2)C1. The van der Waals surface area contributed by atoms with Crippen LogP contribution < -0.4 is 0 Å². The zero-order valence-electron chi connectivity index (χ0n) is 13.7. The van der Waals surface area contributed by atoms with E-state index in [4.69, 9.17) is 5.11 Å². The number of carboxylic acid groups (broad SMARTS) is 1. The summed E-state index contributed by atoms with van der Waals surface area (Å²) in [5.74, 6) is -0.400. The number of nitrogens with zero attached hydrogens (tertiary/aromatic N) is 2. The Morgan fingerprint density at radius 1 is 1.35 bits per heavy atom. The van der Waals surface area contributed by atoms with Crippen molar-refractivity contribution >= 4 is 5.97 Å². The quantitative estimate of drug-likeness (QED) is 0.905. The van der Waals surface area contributed by atoms with E-state index in [9.17, 15) is 9.18 Å². The van der Waals surface area contributed by atoms with E-state index in [1.165, 1.54) is 18.4 Å². The van der Waals surface area contributed by atoms with Crippen molar-refractivity contribution in [3.8, 4) is 0 Å². The van der Waals surface area contributed by atoms with Gasteiger partial charge in [-0.05, 0) is 55.5 Å². The molecule has 23 heavy (non-hydrogen) atoms. The summed E-state index contributed by atoms with van der Waals surface area (Å²) in [6, 6.07) is 5.69. The molecule has 1 aromatic rings. The summed E-state index contributed by atoms with van der Waals surface area (Å²) in [4.78, 5) is 15.4. The van der Waals surface area contributed by atoms with Gasteiger partial charge in [-0.25, -0.2) is 4.39 Å². The predicted molar refractivity (Wildman–Crippen MR) is 87.2 cm³/mol. The van der Waals surface area contributed by atoms with Gasteiger partial charge in [0, 0.05) is 32.2 Å². The number of likely N-dealkylation sites (tertiary alicyclic amines) is 2. The van der Waals surface area contributed by atoms with Gasteiger partial charge in [-0.2, -0.15) is 0 Å². The lowest BCUT2D eigenvalue weighted by Crippen LogP contribution is -2.61. The molecule has 1 N–H and O–H groups in total. The fourth-order valence-electron chi connectivity index (χ4n) is 3.90. The van der Waals surface area contributed by atoms with Gasteiger partial charge < -0.3 is 5.11 Å². The number of carbonyl (C=O) groups is 1. The minimum Gasteiger partial charge on any atom is -0.481 e. The fraction of sp³-hybridized carbons (Fsp3) is 0.611. The zero-order chi connectivity index (χ0) is 16.4. The number of halogens is 1. The molecule has 1 aromatic carbocycles. The minimum absolute atomic E-state index is 0.160. The summed E-state index contributed by atoms with van der Waals surface area (Å²) in [5, 5.41) is 8.74. The number of carboxylic acids is 1. The lowest BCUT2D eigenvalue weighted by molar-refractivity contribution is -0.137. The average molecular weight is 320 g/mol. The van der Waals surface area contributed by atoms with Crippen molar-refractivity contribution in [2.45, 2.75) is 38.1 Å². The number of rotatable bonds is 5. The number of hydrogen-bond acceptors (Lipinski definition) is 3. The molecule has 2 heterocycles. The molecule has 0 amide bonds. The normalized spacial score (nSPS) is 23.7. The number of aryl methyl sites for hydroxylation is 1. The number of benzene rings is 1. The van der Waals surface area contributed by atoms with Crippen LogP contribution in [-0.2, 0) is 4.79 Å². The number of piperidine rings is 1. The standard InChI is InChI=1S/C18H25FN2O2/c1-13-9-15(19)4-5-17(13)14-3-2-7-21(10-14)16-11-20(12-16)8-6-18(22)23/h4-5,9,14,16H,2-3,6-8,10-12H2,1H3,(H,22,23)/t14-/m1/s1. The fourth-order valence-corrected chi connectivity index (χ4v) is 3.90. The third kappa shape index (κ3) is 3.90. The molecule has 5 heteroatoms. The van der Waals surface area contributed by atoms with Gasteiger partial charge in [0.2, 0.25) is 0 Å². The maximum absolute atomic E-state index is 13.3. The van der Waals surface area contributed by atoms with Gasteiger partial charge in [0.05, 0.1) is 6.42 Å². The van der Waals surface area contributed by atoms with Crippen LogP contribution in [0, 0.1) is 12.7 Å². The van der Waals surface area contributed by atoms with Crippen LogP contribution >= 0.6 is 0 Å². The molecule has 0 spiro atoms. The van der Waals surface area contributed by atoms with E-state index in [1.54, 1.807) is 12.1 Å². The van der Waals surface area contributed by atoms with Crippen molar-refractivity contribution in [2.75, 3.05) is 32.7 Å². The highest BCUT2D eigenvalue weighted by atomic mass is 19.1. The second-order valence-electron chi connectivity index (χ2n) is 6.89. The van der Waals surface area contributed by atoms with E-state index in [-0.39, 0.29) is 12.2 Å². The lowest BCUT2D eigenvalue weighted by atomic mass is 9.86. The van der Waals surface area contributed by atoms with Gasteiger partial charge in [-0.1, -0.05) is 6.07 Å². The molecule has 2 aliphatic rings. The Balaban J connectivity index is 1.54. The summed E-state index contributed by atoms with van der Waals surface area (Å²) in [6.45, 7) is 6.75. The molecule has 2 fully saturated rings. The van der Waals surface area contributed by atoms with Gasteiger partial charge >= 0.3 is 5.97 Å². The molecular weight excluding hydrogens is 295 g/mol. The molecule has 126 valence electrons. The monoisotopic (exact) mass is 320 g/mol. The second kappa shape index (κ2) is 6.97. The predicted octanol–water partition coefficient (Wildman–Crippen LogP) is 2.47. The van der Waals surface area contributed by atoms with E-state index in [0.29, 0.717) is 18.5 Å². The number of hydrogen-bond donors (Lipinski definition) is 1. The Morgan fingerprint density at radius 3 is 2.83 bits per heavy atom. The van der Waals surface area contributed by atoms with Crippen LogP contribution in [0.1, 0.15) is 36.3 Å². The summed E-state index contributed by atoms with van der Waals surface area (Å²) in [5.41, 5.74) is 2.33. The Morgan fingerprint density at radius 2 is 2.13 bits per heavy atom. The van der Waals surface area contributed by atoms with E-state index >= 15 is 0 Å². The van der Waals surface area contributed by atoms with Crippen molar-refractivity contribution < 1.29 is 14.3 Å². The van der Waals surface area contributed by atoms with E-state index in [0.717, 1.165) is 31.7 Å². The van der Waals surface area contributed by atoms with Gasteiger partial charge in [0.1, 0.15) is 5.82 Å². The molecule has 0 aliphatic carbocycles. The van der Waals surface area contributed by atoms with E-state index < -0.39 is 5.97 Å². The van der Waals surface area contributed by atoms with Crippen LogP contribution in [-0.4, -0.2) is 59.6 Å². The van der Waals surface area contributed by atoms with Gasteiger partial charge in [0.15, 0.2) is 0 Å². The first-order valence-corrected chi connectivity index (χ1v) is 8.47. The minimum atomic E-state index is -0.724. The van der Waals surface area contributed by atoms with Crippen LogP contribution in [0.3, 0.4) is 0 Å². The Hall–Kier alpha value is -1.46. The van der Waals surface area contributed by atoms with Crippen molar-refractivity contribution in [1.82, 2.24) is 9.80 Å². The zero-order valence-corrected chi connectivity index (χ0v) is 13.7. The van der Waals surface area contributed by atoms with Crippen LogP contribution in [0.4, 0.5) is 4.39 Å². The summed E-state index contributed by atoms with van der Waals surface area (Å²) in [6.07, 6.45) is 2.57. The molecule has 2 saturated heterocycles. The molecular formula is C18H25FN2O2. The molecule has 3 rings (SSSR count). The largest absolute Gasteiger partial charge is 0.481 e. The van der Waals surface area contributed by atoms with Crippen molar-refractivity contribution in [3.63, 3.8) is 0 Å². The molecule has 1 atom stereocenters. The molecule has 0 saturated carbocycles.